The van der Waals surface area contributed by atoms with E-state index in [9.17, 15) is 4.79 Å². The summed E-state index contributed by atoms with van der Waals surface area (Å²) in [7, 11) is 0. The molecule has 5 nitrogen and oxygen atoms in total. The van der Waals surface area contributed by atoms with Gasteiger partial charge in [0.25, 0.3) is 0 Å². The predicted octanol–water partition coefficient (Wildman–Crippen LogP) is 6.04. The Hall–Kier alpha value is -3.46. The van der Waals surface area contributed by atoms with E-state index in [4.69, 9.17) is 0 Å². The maximum atomic E-state index is 15.0. The number of amidine groups is 2. The van der Waals surface area contributed by atoms with E-state index in [0.717, 1.165) is 14.9 Å². The van der Waals surface area contributed by atoms with Crippen molar-refractivity contribution in [3.05, 3.63) is 99.5 Å². The number of halogens is 4. The average molecular weight is 513 g/mol. The van der Waals surface area contributed by atoms with Crippen LogP contribution in [-0.2, 0) is 5.66 Å². The fourth-order valence-corrected chi connectivity index (χ4v) is 4.35. The molecule has 0 aliphatic carbocycles. The van der Waals surface area contributed by atoms with Gasteiger partial charge in [-0.05, 0) is 31.2 Å². The van der Waals surface area contributed by atoms with Crippen molar-refractivity contribution in [1.82, 2.24) is 10.2 Å². The number of carbonyl (C=O) groups is 1. The van der Waals surface area contributed by atoms with E-state index in [2.05, 4.69) is 31.2 Å². The van der Waals surface area contributed by atoms with Crippen LogP contribution in [0.1, 0.15) is 22.3 Å². The quantitative estimate of drug-likeness (QED) is 0.455. The molecule has 3 aromatic rings. The highest BCUT2D eigenvalue weighted by Crippen LogP contribution is 2.47. The molecule has 3 aromatic carbocycles. The second-order valence-corrected chi connectivity index (χ2v) is 8.65. The first-order valence-electron chi connectivity index (χ1n) is 10.00. The molecule has 0 spiro atoms. The number of hydrogen-bond acceptors (Lipinski definition) is 2. The Balaban J connectivity index is 1.83. The number of fused-ring (bicyclic) bond motifs is 3. The van der Waals surface area contributed by atoms with Crippen LogP contribution >= 0.6 is 15.9 Å². The molecule has 1 atom stereocenters. The van der Waals surface area contributed by atoms with Gasteiger partial charge in [-0.1, -0.05) is 70.0 Å². The summed E-state index contributed by atoms with van der Waals surface area (Å²) in [6.45, 7) is 1.78. The molecule has 0 fully saturated rings. The van der Waals surface area contributed by atoms with Gasteiger partial charge < -0.3 is 5.32 Å². The van der Waals surface area contributed by atoms with Crippen molar-refractivity contribution in [3.8, 4) is 0 Å². The number of alkyl halides is 3. The smallest absolute Gasteiger partial charge is 0.301 e. The van der Waals surface area contributed by atoms with Crippen molar-refractivity contribution in [2.24, 2.45) is 9.98 Å². The molecule has 2 aliphatic rings. The predicted molar refractivity (Wildman–Crippen MR) is 123 cm³/mol. The minimum Gasteiger partial charge on any atom is -0.301 e. The van der Waals surface area contributed by atoms with Crippen LogP contribution in [0, 0.1) is 6.92 Å². The normalized spacial score (nSPS) is 20.9. The van der Waals surface area contributed by atoms with Crippen molar-refractivity contribution in [1.29, 1.82) is 0 Å². The summed E-state index contributed by atoms with van der Waals surface area (Å²) in [6, 6.07) is 18.4. The highest BCUT2D eigenvalue weighted by Gasteiger charge is 2.66. The number of aryl methyl sites for hydroxylation is 1. The highest BCUT2D eigenvalue weighted by atomic mass is 79.9. The van der Waals surface area contributed by atoms with Gasteiger partial charge in [0, 0.05) is 21.2 Å². The molecule has 0 aromatic heterocycles. The first-order valence-corrected chi connectivity index (χ1v) is 10.8. The first-order chi connectivity index (χ1) is 15.7. The number of nitrogens with zero attached hydrogens (tertiary/aromatic N) is 3. The average Bonchev–Trinajstić information content (AvgIpc) is 3.08. The van der Waals surface area contributed by atoms with Gasteiger partial charge in [-0.2, -0.15) is 18.2 Å². The van der Waals surface area contributed by atoms with Crippen LogP contribution in [0.25, 0.3) is 0 Å². The van der Waals surface area contributed by atoms with E-state index in [1.807, 2.05) is 0 Å². The number of rotatable bonds is 2. The lowest BCUT2D eigenvalue weighted by Gasteiger charge is -2.46. The van der Waals surface area contributed by atoms with Gasteiger partial charge in [0.1, 0.15) is 5.84 Å². The number of aliphatic imine (C=N–C) groups is 2. The zero-order valence-corrected chi connectivity index (χ0v) is 18.8. The summed E-state index contributed by atoms with van der Waals surface area (Å²) in [6.07, 6.45) is -4.90. The third-order valence-corrected chi connectivity index (χ3v) is 6.13. The van der Waals surface area contributed by atoms with E-state index in [1.54, 1.807) is 67.6 Å². The summed E-state index contributed by atoms with van der Waals surface area (Å²) in [5, 5.41) is 2.12. The molecule has 5 rings (SSSR count). The van der Waals surface area contributed by atoms with Crippen LogP contribution < -0.4 is 5.32 Å². The molecular formula is C24H16BrF3N4O. The lowest BCUT2D eigenvalue weighted by Crippen LogP contribution is -2.69. The van der Waals surface area contributed by atoms with Crippen LogP contribution in [0.4, 0.5) is 23.7 Å². The number of hydrogen-bond donors (Lipinski definition) is 1. The largest absolute Gasteiger partial charge is 0.435 e. The van der Waals surface area contributed by atoms with Gasteiger partial charge >= 0.3 is 12.2 Å². The molecule has 0 saturated carbocycles. The van der Waals surface area contributed by atoms with Gasteiger partial charge in [0.15, 0.2) is 5.84 Å². The van der Waals surface area contributed by atoms with Crippen molar-refractivity contribution in [2.45, 2.75) is 18.8 Å². The molecule has 2 amide bonds. The van der Waals surface area contributed by atoms with Gasteiger partial charge in [-0.15, -0.1) is 0 Å². The maximum absolute atomic E-state index is 15.0. The van der Waals surface area contributed by atoms with Gasteiger partial charge in [0.2, 0.25) is 5.66 Å². The monoisotopic (exact) mass is 512 g/mol. The van der Waals surface area contributed by atoms with Crippen LogP contribution in [0.2, 0.25) is 0 Å². The molecule has 33 heavy (non-hydrogen) atoms. The third-order valence-electron chi connectivity index (χ3n) is 5.60. The second-order valence-electron chi connectivity index (χ2n) is 7.73. The number of urea groups is 1. The summed E-state index contributed by atoms with van der Waals surface area (Å²) in [5.41, 5.74) is -0.915. The number of amides is 2. The fraction of sp³-hybridized carbons (Fsp3) is 0.125. The second kappa shape index (κ2) is 7.55. The van der Waals surface area contributed by atoms with E-state index >= 15 is 13.2 Å². The SMILES string of the molecule is Cc1ccc(C2(C(F)(F)F)NC(=O)N=C3c4ccccc4C(=Nc4ccc(Br)cc4)N32)cc1. The van der Waals surface area contributed by atoms with Crippen molar-refractivity contribution in [2.75, 3.05) is 0 Å². The molecule has 0 radical (unpaired) electrons. The molecule has 0 saturated heterocycles. The fourth-order valence-electron chi connectivity index (χ4n) is 4.08. The van der Waals surface area contributed by atoms with E-state index in [1.165, 1.54) is 12.1 Å². The van der Waals surface area contributed by atoms with Gasteiger partial charge in [0.05, 0.1) is 5.69 Å². The Kier molecular flexibility index (Phi) is 4.89. The lowest BCUT2D eigenvalue weighted by atomic mass is 9.94. The van der Waals surface area contributed by atoms with Gasteiger partial charge in [-0.3, -0.25) is 4.90 Å². The third kappa shape index (κ3) is 3.34. The molecular weight excluding hydrogens is 497 g/mol. The van der Waals surface area contributed by atoms with Crippen LogP contribution in [-0.4, -0.2) is 28.8 Å². The van der Waals surface area contributed by atoms with Gasteiger partial charge in [-0.25, -0.2) is 9.79 Å². The Morgan fingerprint density at radius 2 is 1.61 bits per heavy atom. The Labute approximate surface area is 195 Å². The lowest BCUT2D eigenvalue weighted by molar-refractivity contribution is -0.223. The summed E-state index contributed by atoms with van der Waals surface area (Å²) in [4.78, 5) is 22.1. The topological polar surface area (TPSA) is 57.1 Å². The van der Waals surface area contributed by atoms with E-state index < -0.39 is 17.9 Å². The standard InChI is InChI=1S/C24H16BrF3N4O/c1-14-6-8-15(9-7-14)23(24(26,27)28)31-22(33)30-21-19-5-3-2-4-18(19)20(32(21)23)29-17-12-10-16(25)11-13-17/h2-13H,1H3,(H,31,33). The Morgan fingerprint density at radius 3 is 2.24 bits per heavy atom. The van der Waals surface area contributed by atoms with Crippen LogP contribution in [0.15, 0.2) is 87.3 Å². The molecule has 9 heteroatoms. The molecule has 1 N–H and O–H groups in total. The van der Waals surface area contributed by atoms with Crippen LogP contribution in [0.3, 0.4) is 0 Å². The summed E-state index contributed by atoms with van der Waals surface area (Å²) >= 11 is 3.35. The Morgan fingerprint density at radius 1 is 0.970 bits per heavy atom. The minimum atomic E-state index is -4.90. The van der Waals surface area contributed by atoms with Crippen molar-refractivity contribution >= 4 is 39.3 Å². The Bertz CT molecular complexity index is 1320. The summed E-state index contributed by atoms with van der Waals surface area (Å²) in [5.74, 6) is -0.0484. The van der Waals surface area contributed by atoms with Crippen LogP contribution in [0.5, 0.6) is 0 Å². The van der Waals surface area contributed by atoms with E-state index in [0.29, 0.717) is 16.8 Å². The zero-order valence-electron chi connectivity index (χ0n) is 17.2. The molecule has 2 heterocycles. The number of carbonyl (C=O) groups excluding carboxylic acids is 1. The molecule has 2 aliphatic heterocycles. The zero-order chi connectivity index (χ0) is 23.4. The number of nitrogens with one attached hydrogen (secondary N) is 1. The van der Waals surface area contributed by atoms with Crippen molar-refractivity contribution in [3.63, 3.8) is 0 Å². The minimum absolute atomic E-state index is 0.0459. The van der Waals surface area contributed by atoms with E-state index in [-0.39, 0.29) is 17.2 Å². The summed E-state index contributed by atoms with van der Waals surface area (Å²) < 4.78 is 45.8. The first kappa shape index (κ1) is 21.4. The molecule has 1 unspecified atom stereocenters. The maximum Gasteiger partial charge on any atom is 0.435 e. The highest BCUT2D eigenvalue weighted by molar-refractivity contribution is 9.10. The number of benzene rings is 3. The molecule has 0 bridgehead atoms. The molecule has 166 valence electrons. The van der Waals surface area contributed by atoms with Crippen molar-refractivity contribution < 1.29 is 18.0 Å².